The lowest BCUT2D eigenvalue weighted by atomic mass is 9.97. The molecule has 1 aromatic carbocycles. The molecule has 3 heterocycles. The van der Waals surface area contributed by atoms with E-state index in [-0.39, 0.29) is 29.3 Å². The molecule has 0 saturated carbocycles. The van der Waals surface area contributed by atoms with Gasteiger partial charge in [0.05, 0.1) is 40.9 Å². The number of alkyl carbamates (subject to hydrolysis) is 1. The maximum absolute atomic E-state index is 15.1. The summed E-state index contributed by atoms with van der Waals surface area (Å²) in [6.07, 6.45) is 0.776. The smallest absolute Gasteiger partial charge is 0.407 e. The maximum Gasteiger partial charge on any atom is 0.407 e. The minimum absolute atomic E-state index is 0.0183. The summed E-state index contributed by atoms with van der Waals surface area (Å²) in [6, 6.07) is 0.346. The van der Waals surface area contributed by atoms with Crippen LogP contribution in [0.2, 0.25) is 5.02 Å². The van der Waals surface area contributed by atoms with E-state index in [2.05, 4.69) is 20.7 Å². The molecular weight excluding hydrogens is 415 g/mol. The number of fused-ring (bicyclic) bond motifs is 1. The van der Waals surface area contributed by atoms with Crippen LogP contribution in [0.5, 0.6) is 5.75 Å². The van der Waals surface area contributed by atoms with Gasteiger partial charge in [0, 0.05) is 5.56 Å². The van der Waals surface area contributed by atoms with Crippen molar-refractivity contribution >= 4 is 29.3 Å². The highest BCUT2D eigenvalue weighted by Crippen LogP contribution is 2.44. The third kappa shape index (κ3) is 3.25. The first-order chi connectivity index (χ1) is 14.3. The van der Waals surface area contributed by atoms with E-state index in [9.17, 15) is 4.79 Å². The van der Waals surface area contributed by atoms with E-state index in [1.165, 1.54) is 12.4 Å². The molecule has 1 amide bonds. The second-order valence-corrected chi connectivity index (χ2v) is 7.53. The molecule has 160 valence electrons. The molecule has 4 N–H and O–H groups in total. The van der Waals surface area contributed by atoms with E-state index in [4.69, 9.17) is 26.8 Å². The fraction of sp³-hybridized carbons (Fsp3) is 0.421. The summed E-state index contributed by atoms with van der Waals surface area (Å²) in [4.78, 5) is 20.0. The largest absolute Gasteiger partial charge is 0.493 e. The van der Waals surface area contributed by atoms with Gasteiger partial charge in [0.15, 0.2) is 11.6 Å². The summed E-state index contributed by atoms with van der Waals surface area (Å²) in [5, 5.41) is 4.35. The summed E-state index contributed by atoms with van der Waals surface area (Å²) >= 11 is 6.24. The molecule has 30 heavy (non-hydrogen) atoms. The molecule has 2 aromatic rings. The van der Waals surface area contributed by atoms with Gasteiger partial charge in [-0.25, -0.2) is 24.6 Å². The zero-order valence-corrected chi connectivity index (χ0v) is 17.5. The van der Waals surface area contributed by atoms with Crippen LogP contribution in [-0.4, -0.2) is 29.3 Å². The Labute approximate surface area is 177 Å². The fourth-order valence-electron chi connectivity index (χ4n) is 3.89. The van der Waals surface area contributed by atoms with E-state index >= 15 is 4.39 Å². The van der Waals surface area contributed by atoms with Gasteiger partial charge in [0.2, 0.25) is 0 Å². The Morgan fingerprint density at radius 2 is 2.23 bits per heavy atom. The Hall–Kier alpha value is -2.85. The van der Waals surface area contributed by atoms with Crippen LogP contribution in [0.15, 0.2) is 12.4 Å². The zero-order valence-electron chi connectivity index (χ0n) is 16.7. The van der Waals surface area contributed by atoms with E-state index in [0.29, 0.717) is 29.6 Å². The minimum atomic E-state index is -0.709. The number of hydrogen-bond donors (Lipinski definition) is 3. The quantitative estimate of drug-likeness (QED) is 0.654. The van der Waals surface area contributed by atoms with Crippen molar-refractivity contribution in [1.82, 2.24) is 20.7 Å². The Bertz CT molecular complexity index is 1010. The van der Waals surface area contributed by atoms with Crippen LogP contribution in [0.3, 0.4) is 0 Å². The number of hydrazine groups is 1. The molecule has 0 spiro atoms. The Morgan fingerprint density at radius 1 is 1.47 bits per heavy atom. The van der Waals surface area contributed by atoms with Crippen LogP contribution >= 0.6 is 11.6 Å². The third-order valence-electron chi connectivity index (χ3n) is 5.27. The van der Waals surface area contributed by atoms with E-state index in [1.807, 2.05) is 18.9 Å². The van der Waals surface area contributed by atoms with E-state index < -0.39 is 18.0 Å². The molecule has 3 unspecified atom stereocenters. The number of rotatable bonds is 5. The topological polar surface area (TPSA) is 115 Å². The van der Waals surface area contributed by atoms with Crippen LogP contribution in [-0.2, 0) is 4.74 Å². The van der Waals surface area contributed by atoms with Gasteiger partial charge in [-0.15, -0.1) is 0 Å². The van der Waals surface area contributed by atoms with Gasteiger partial charge in [0.25, 0.3) is 0 Å². The molecule has 0 radical (unpaired) electrons. The SMILES string of the molecule is CCOc1c(C(C)N2NC(C)c3c(N)ncnc32)cc(Cl)c(F)c1C1COC(=O)N1. The highest BCUT2D eigenvalue weighted by Gasteiger charge is 2.37. The standard InChI is InChI=1S/C19H22ClFN6O3/c1-4-29-16-10(5-11(20)15(21)14(16)12-6-30-19(28)25-12)9(3)27-18-13(8(2)26-27)17(22)23-7-24-18/h5,7-9,12,26H,4,6H2,1-3H3,(H,25,28)(H2,22,23,24). The summed E-state index contributed by atoms with van der Waals surface area (Å²) in [5.41, 5.74) is 10.9. The van der Waals surface area contributed by atoms with Crippen LogP contribution in [0.4, 0.5) is 20.8 Å². The first-order valence-corrected chi connectivity index (χ1v) is 9.94. The Kier molecular flexibility index (Phi) is 5.29. The second kappa shape index (κ2) is 7.77. The molecule has 4 rings (SSSR count). The summed E-state index contributed by atoms with van der Waals surface area (Å²) < 4.78 is 25.9. The van der Waals surface area contributed by atoms with Crippen molar-refractivity contribution in [2.75, 3.05) is 24.0 Å². The normalized spacial score (nSPS) is 21.2. The number of nitrogens with two attached hydrogens (primary N) is 1. The van der Waals surface area contributed by atoms with Crippen molar-refractivity contribution in [1.29, 1.82) is 0 Å². The highest BCUT2D eigenvalue weighted by molar-refractivity contribution is 6.31. The minimum Gasteiger partial charge on any atom is -0.493 e. The molecule has 2 aliphatic rings. The number of anilines is 2. The van der Waals surface area contributed by atoms with Crippen molar-refractivity contribution in [2.45, 2.75) is 38.9 Å². The van der Waals surface area contributed by atoms with Crippen molar-refractivity contribution in [2.24, 2.45) is 0 Å². The molecule has 1 aromatic heterocycles. The van der Waals surface area contributed by atoms with Gasteiger partial charge in [-0.05, 0) is 26.8 Å². The number of cyclic esters (lactones) is 1. The number of nitrogens with zero attached hydrogens (tertiary/aromatic N) is 3. The lowest BCUT2D eigenvalue weighted by Gasteiger charge is -2.30. The van der Waals surface area contributed by atoms with Crippen molar-refractivity contribution < 1.29 is 18.7 Å². The van der Waals surface area contributed by atoms with Crippen molar-refractivity contribution in [3.8, 4) is 5.75 Å². The molecule has 0 aliphatic carbocycles. The summed E-state index contributed by atoms with van der Waals surface area (Å²) in [6.45, 7) is 5.93. The van der Waals surface area contributed by atoms with E-state index in [0.717, 1.165) is 5.56 Å². The monoisotopic (exact) mass is 436 g/mol. The molecule has 0 bridgehead atoms. The molecule has 1 fully saturated rings. The van der Waals surface area contributed by atoms with Gasteiger partial charge in [-0.3, -0.25) is 5.01 Å². The number of aromatic nitrogens is 2. The van der Waals surface area contributed by atoms with Gasteiger partial charge in [-0.1, -0.05) is 11.6 Å². The Morgan fingerprint density at radius 3 is 2.90 bits per heavy atom. The van der Waals surface area contributed by atoms with Gasteiger partial charge in [0.1, 0.15) is 24.5 Å². The zero-order chi connectivity index (χ0) is 21.6. The number of ether oxygens (including phenoxy) is 2. The molecule has 3 atom stereocenters. The van der Waals surface area contributed by atoms with Gasteiger partial charge in [-0.2, -0.15) is 0 Å². The average molecular weight is 437 g/mol. The number of nitrogen functional groups attached to an aromatic ring is 1. The molecule has 2 aliphatic heterocycles. The number of carbonyl (C=O) groups is 1. The predicted molar refractivity (Wildman–Crippen MR) is 109 cm³/mol. The predicted octanol–water partition coefficient (Wildman–Crippen LogP) is 3.18. The van der Waals surface area contributed by atoms with Crippen molar-refractivity contribution in [3.63, 3.8) is 0 Å². The number of benzene rings is 1. The third-order valence-corrected chi connectivity index (χ3v) is 5.55. The van der Waals surface area contributed by atoms with Crippen LogP contribution in [0.1, 0.15) is 55.6 Å². The second-order valence-electron chi connectivity index (χ2n) is 7.13. The van der Waals surface area contributed by atoms with Gasteiger partial charge < -0.3 is 20.5 Å². The number of carbonyl (C=O) groups excluding carboxylic acids is 1. The number of nitrogens with one attached hydrogen (secondary N) is 2. The molecule has 1 saturated heterocycles. The number of hydrogen-bond acceptors (Lipinski definition) is 8. The van der Waals surface area contributed by atoms with Crippen LogP contribution in [0.25, 0.3) is 0 Å². The summed E-state index contributed by atoms with van der Waals surface area (Å²) in [5.74, 6) is 0.682. The molecule has 11 heteroatoms. The lowest BCUT2D eigenvalue weighted by molar-refractivity contribution is 0.176. The van der Waals surface area contributed by atoms with Crippen molar-refractivity contribution in [3.05, 3.63) is 39.9 Å². The first kappa shape index (κ1) is 20.4. The average Bonchev–Trinajstić information content (AvgIpc) is 3.28. The fourth-order valence-corrected chi connectivity index (χ4v) is 4.11. The lowest BCUT2D eigenvalue weighted by Crippen LogP contribution is -2.37. The van der Waals surface area contributed by atoms with Gasteiger partial charge >= 0.3 is 6.09 Å². The first-order valence-electron chi connectivity index (χ1n) is 9.57. The number of amides is 1. The molecule has 9 nitrogen and oxygen atoms in total. The van der Waals surface area contributed by atoms with E-state index in [1.54, 1.807) is 6.92 Å². The maximum atomic E-state index is 15.1. The number of halogens is 2. The van der Waals surface area contributed by atoms with Crippen LogP contribution in [0, 0.1) is 5.82 Å². The Balaban J connectivity index is 1.82. The highest BCUT2D eigenvalue weighted by atomic mass is 35.5. The van der Waals surface area contributed by atoms with Crippen LogP contribution < -0.4 is 26.2 Å². The molecular formula is C19H22ClFN6O3. The summed E-state index contributed by atoms with van der Waals surface area (Å²) in [7, 11) is 0.